The van der Waals surface area contributed by atoms with Crippen LogP contribution in [0.1, 0.15) is 44.6 Å². The lowest BCUT2D eigenvalue weighted by molar-refractivity contribution is -0.127. The number of likely N-dealkylation sites (tertiary alicyclic amines) is 1. The molecule has 4 heteroatoms. The molecule has 1 aliphatic carbocycles. The van der Waals surface area contributed by atoms with E-state index in [1.54, 1.807) is 7.11 Å². The van der Waals surface area contributed by atoms with E-state index in [1.807, 2.05) is 6.07 Å². The Kier molecular flexibility index (Phi) is 7.33. The molecular weight excluding hydrogens is 336 g/mol. The van der Waals surface area contributed by atoms with Crippen molar-refractivity contribution in [2.45, 2.75) is 45.4 Å². The molecule has 4 nitrogen and oxygen atoms in total. The van der Waals surface area contributed by atoms with Crippen molar-refractivity contribution in [1.29, 1.82) is 0 Å². The summed E-state index contributed by atoms with van der Waals surface area (Å²) in [5.41, 5.74) is 2.37. The summed E-state index contributed by atoms with van der Waals surface area (Å²) in [4.78, 5) is 17.4. The quantitative estimate of drug-likeness (QED) is 0.696. The van der Waals surface area contributed by atoms with Crippen molar-refractivity contribution in [2.75, 3.05) is 39.8 Å². The topological polar surface area (TPSA) is 32.8 Å². The molecule has 1 aromatic rings. The number of carbonyl (C=O) groups is 1. The second-order valence-corrected chi connectivity index (χ2v) is 7.88. The van der Waals surface area contributed by atoms with Gasteiger partial charge in [0.2, 0.25) is 5.91 Å². The van der Waals surface area contributed by atoms with Gasteiger partial charge in [-0.2, -0.15) is 0 Å². The van der Waals surface area contributed by atoms with Crippen molar-refractivity contribution in [3.8, 4) is 5.75 Å². The smallest absolute Gasteiger partial charge is 0.249 e. The molecule has 0 aromatic heterocycles. The molecule has 0 bridgehead atoms. The Morgan fingerprint density at radius 2 is 2.22 bits per heavy atom. The zero-order chi connectivity index (χ0) is 19.1. The molecule has 1 unspecified atom stereocenters. The molecule has 1 aliphatic heterocycles. The molecule has 0 spiro atoms. The standard InChI is InChI=1S/C23H34N2O2/c1-3-25(23(26)21-10-4-5-11-21)18-20-9-7-14-24(17-20)15-13-19-8-6-12-22(16-19)27-2/h6,8,10,12,16,20H,3-5,7,9,11,13-15,17-18H2,1-2H3. The molecule has 3 rings (SSSR count). The molecule has 0 N–H and O–H groups in total. The number of rotatable bonds is 8. The Morgan fingerprint density at radius 3 is 2.96 bits per heavy atom. The molecule has 1 atom stereocenters. The van der Waals surface area contributed by atoms with Gasteiger partial charge >= 0.3 is 0 Å². The summed E-state index contributed by atoms with van der Waals surface area (Å²) in [6.45, 7) is 7.18. The predicted molar refractivity (Wildman–Crippen MR) is 110 cm³/mol. The number of amides is 1. The van der Waals surface area contributed by atoms with Crippen LogP contribution in [0.4, 0.5) is 0 Å². The number of piperidine rings is 1. The van der Waals surface area contributed by atoms with Gasteiger partial charge < -0.3 is 14.5 Å². The second-order valence-electron chi connectivity index (χ2n) is 7.88. The summed E-state index contributed by atoms with van der Waals surface area (Å²) in [5.74, 6) is 1.81. The van der Waals surface area contributed by atoms with Crippen LogP contribution in [0.3, 0.4) is 0 Å². The Morgan fingerprint density at radius 1 is 1.33 bits per heavy atom. The lowest BCUT2D eigenvalue weighted by Crippen LogP contribution is -2.43. The average molecular weight is 371 g/mol. The van der Waals surface area contributed by atoms with E-state index >= 15 is 0 Å². The fourth-order valence-electron chi connectivity index (χ4n) is 4.35. The van der Waals surface area contributed by atoms with E-state index in [1.165, 1.54) is 24.9 Å². The zero-order valence-electron chi connectivity index (χ0n) is 17.0. The average Bonchev–Trinajstić information content (AvgIpc) is 3.25. The molecule has 1 fully saturated rings. The van der Waals surface area contributed by atoms with Gasteiger partial charge in [0.1, 0.15) is 5.75 Å². The number of ether oxygens (including phenoxy) is 1. The summed E-state index contributed by atoms with van der Waals surface area (Å²) in [6, 6.07) is 8.37. The van der Waals surface area contributed by atoms with Crippen LogP contribution >= 0.6 is 0 Å². The number of likely N-dealkylation sites (N-methyl/N-ethyl adjacent to an activating group) is 1. The van der Waals surface area contributed by atoms with Crippen LogP contribution in [0.2, 0.25) is 0 Å². The van der Waals surface area contributed by atoms with Crippen molar-refractivity contribution >= 4 is 5.91 Å². The number of hydrogen-bond donors (Lipinski definition) is 0. The van der Waals surface area contributed by atoms with E-state index in [2.05, 4.69) is 41.0 Å². The van der Waals surface area contributed by atoms with Gasteiger partial charge in [0.15, 0.2) is 0 Å². The van der Waals surface area contributed by atoms with E-state index in [4.69, 9.17) is 4.74 Å². The molecule has 1 amide bonds. The van der Waals surface area contributed by atoms with Gasteiger partial charge in [-0.05, 0) is 75.6 Å². The highest BCUT2D eigenvalue weighted by Gasteiger charge is 2.25. The van der Waals surface area contributed by atoms with Crippen LogP contribution < -0.4 is 4.74 Å². The van der Waals surface area contributed by atoms with Crippen LogP contribution in [0.25, 0.3) is 0 Å². The minimum Gasteiger partial charge on any atom is -0.497 e. The van der Waals surface area contributed by atoms with Gasteiger partial charge in [-0.25, -0.2) is 0 Å². The predicted octanol–water partition coefficient (Wildman–Crippen LogP) is 3.91. The molecule has 2 aliphatic rings. The first-order valence-electron chi connectivity index (χ1n) is 10.5. The Bertz CT molecular complexity index is 656. The van der Waals surface area contributed by atoms with E-state index < -0.39 is 0 Å². The Hall–Kier alpha value is -1.81. The molecule has 1 heterocycles. The first-order valence-corrected chi connectivity index (χ1v) is 10.5. The van der Waals surface area contributed by atoms with Crippen LogP contribution in [-0.4, -0.2) is 55.5 Å². The number of nitrogens with zero attached hydrogens (tertiary/aromatic N) is 2. The summed E-state index contributed by atoms with van der Waals surface area (Å²) in [5, 5.41) is 0. The van der Waals surface area contributed by atoms with Crippen molar-refractivity contribution < 1.29 is 9.53 Å². The number of allylic oxidation sites excluding steroid dienone is 1. The minimum atomic E-state index is 0.281. The van der Waals surface area contributed by atoms with Gasteiger partial charge in [-0.1, -0.05) is 18.2 Å². The first-order chi connectivity index (χ1) is 13.2. The van der Waals surface area contributed by atoms with Crippen LogP contribution in [0.5, 0.6) is 5.75 Å². The molecule has 1 saturated heterocycles. The zero-order valence-corrected chi connectivity index (χ0v) is 17.0. The summed E-state index contributed by atoms with van der Waals surface area (Å²) in [6.07, 6.45) is 8.84. The van der Waals surface area contributed by atoms with E-state index in [9.17, 15) is 4.79 Å². The first kappa shape index (κ1) is 19.9. The normalized spacial score (nSPS) is 20.4. The third-order valence-corrected chi connectivity index (χ3v) is 5.92. The minimum absolute atomic E-state index is 0.281. The SMILES string of the molecule is CCN(CC1CCCN(CCc2cccc(OC)c2)C1)C(=O)C1=CCCC1. The molecule has 148 valence electrons. The Labute approximate surface area is 164 Å². The largest absolute Gasteiger partial charge is 0.497 e. The van der Waals surface area contributed by atoms with E-state index in [0.717, 1.165) is 63.2 Å². The van der Waals surface area contributed by atoms with Crippen LogP contribution in [0, 0.1) is 5.92 Å². The third-order valence-electron chi connectivity index (χ3n) is 5.92. The van der Waals surface area contributed by atoms with Gasteiger partial charge in [-0.15, -0.1) is 0 Å². The molecule has 0 radical (unpaired) electrons. The van der Waals surface area contributed by atoms with Crippen molar-refractivity contribution in [2.24, 2.45) is 5.92 Å². The highest BCUT2D eigenvalue weighted by atomic mass is 16.5. The van der Waals surface area contributed by atoms with E-state index in [-0.39, 0.29) is 5.91 Å². The molecule has 27 heavy (non-hydrogen) atoms. The number of carbonyl (C=O) groups excluding carboxylic acids is 1. The molecule has 0 saturated carbocycles. The number of benzene rings is 1. The van der Waals surface area contributed by atoms with Crippen molar-refractivity contribution in [3.63, 3.8) is 0 Å². The van der Waals surface area contributed by atoms with Crippen molar-refractivity contribution in [1.82, 2.24) is 9.80 Å². The van der Waals surface area contributed by atoms with Crippen molar-refractivity contribution in [3.05, 3.63) is 41.5 Å². The highest BCUT2D eigenvalue weighted by Crippen LogP contribution is 2.23. The third kappa shape index (κ3) is 5.58. The maximum absolute atomic E-state index is 12.7. The maximum Gasteiger partial charge on any atom is 0.249 e. The van der Waals surface area contributed by atoms with Crippen LogP contribution in [0.15, 0.2) is 35.9 Å². The maximum atomic E-state index is 12.7. The Balaban J connectivity index is 1.50. The summed E-state index contributed by atoms with van der Waals surface area (Å²) >= 11 is 0. The number of methoxy groups -OCH3 is 1. The monoisotopic (exact) mass is 370 g/mol. The van der Waals surface area contributed by atoms with Gasteiger partial charge in [-0.3, -0.25) is 4.79 Å². The van der Waals surface area contributed by atoms with Crippen LogP contribution in [-0.2, 0) is 11.2 Å². The molecular formula is C23H34N2O2. The lowest BCUT2D eigenvalue weighted by atomic mass is 9.96. The lowest BCUT2D eigenvalue weighted by Gasteiger charge is -2.35. The van der Waals surface area contributed by atoms with Gasteiger partial charge in [0, 0.05) is 31.8 Å². The molecule has 1 aromatic carbocycles. The fraction of sp³-hybridized carbons (Fsp3) is 0.609. The van der Waals surface area contributed by atoms with E-state index in [0.29, 0.717) is 5.92 Å². The fourth-order valence-corrected chi connectivity index (χ4v) is 4.35. The van der Waals surface area contributed by atoms with Gasteiger partial charge in [0.05, 0.1) is 7.11 Å². The second kappa shape index (κ2) is 9.93. The number of hydrogen-bond acceptors (Lipinski definition) is 3. The summed E-state index contributed by atoms with van der Waals surface area (Å²) in [7, 11) is 1.72. The highest BCUT2D eigenvalue weighted by molar-refractivity contribution is 5.93. The van der Waals surface area contributed by atoms with Gasteiger partial charge in [0.25, 0.3) is 0 Å². The summed E-state index contributed by atoms with van der Waals surface area (Å²) < 4.78 is 5.33.